The van der Waals surface area contributed by atoms with E-state index < -0.39 is 0 Å². The molecule has 0 radical (unpaired) electrons. The molecule has 2 rings (SSSR count). The Morgan fingerprint density at radius 2 is 2.14 bits per heavy atom. The van der Waals surface area contributed by atoms with Gasteiger partial charge in [0.05, 0.1) is 5.88 Å². The van der Waals surface area contributed by atoms with Gasteiger partial charge in [-0.1, -0.05) is 22.3 Å². The van der Waals surface area contributed by atoms with Crippen LogP contribution in [0.2, 0.25) is 5.02 Å². The summed E-state index contributed by atoms with van der Waals surface area (Å²) in [5.74, 6) is 1.96. The molecule has 21 heavy (non-hydrogen) atoms. The van der Waals surface area contributed by atoms with Gasteiger partial charge in [0.15, 0.2) is 0 Å². The van der Waals surface area contributed by atoms with Crippen molar-refractivity contribution in [3.05, 3.63) is 29.3 Å². The van der Waals surface area contributed by atoms with Crippen LogP contribution in [0.15, 0.2) is 33.8 Å². The Morgan fingerprint density at radius 1 is 1.38 bits per heavy atom. The van der Waals surface area contributed by atoms with Crippen LogP contribution in [0.25, 0.3) is 0 Å². The predicted octanol–water partition coefficient (Wildman–Crippen LogP) is 2.80. The lowest BCUT2D eigenvalue weighted by molar-refractivity contribution is -0.116. The maximum Gasteiger partial charge on any atom is 0.224 e. The Balaban J connectivity index is 1.76. The first-order valence-corrected chi connectivity index (χ1v) is 8.71. The molecule has 5 nitrogen and oxygen atoms in total. The standard InChI is InChI=1S/C14H19ClN4OS/c1-11(18-19-21-9-8-16-10-21)2-7-14(20)17-13-5-3-12(15)4-6-13/h3-6,16H,2,7-10H2,1H3,(H,17,20)/b18-11+. The van der Waals surface area contributed by atoms with Crippen molar-refractivity contribution < 1.29 is 4.79 Å². The van der Waals surface area contributed by atoms with E-state index in [-0.39, 0.29) is 16.6 Å². The summed E-state index contributed by atoms with van der Waals surface area (Å²) >= 11 is 5.80. The number of halogens is 1. The van der Waals surface area contributed by atoms with Gasteiger partial charge in [-0.3, -0.25) is 4.79 Å². The number of benzene rings is 1. The van der Waals surface area contributed by atoms with Gasteiger partial charge in [0.2, 0.25) is 5.91 Å². The third-order valence-electron chi connectivity index (χ3n) is 2.95. The van der Waals surface area contributed by atoms with Gasteiger partial charge in [-0.15, -0.1) is 4.47 Å². The van der Waals surface area contributed by atoms with Crippen LogP contribution < -0.4 is 10.6 Å². The Labute approximate surface area is 132 Å². The zero-order valence-corrected chi connectivity index (χ0v) is 13.5. The SMILES string of the molecule is C/C(CCC(=O)Nc1ccc(Cl)cc1)=N\N=S1/CCNC1. The Hall–Kier alpha value is -1.24. The molecule has 7 heteroatoms. The first-order chi connectivity index (χ1) is 10.1. The van der Waals surface area contributed by atoms with E-state index in [2.05, 4.69) is 20.2 Å². The first kappa shape index (κ1) is 16.1. The van der Waals surface area contributed by atoms with E-state index in [0.717, 1.165) is 29.6 Å². The Kier molecular flexibility index (Phi) is 6.35. The average molecular weight is 327 g/mol. The highest BCUT2D eigenvalue weighted by Crippen LogP contribution is 2.13. The molecule has 1 saturated heterocycles. The molecule has 0 aliphatic carbocycles. The van der Waals surface area contributed by atoms with Crippen molar-refractivity contribution in [1.29, 1.82) is 0 Å². The second kappa shape index (κ2) is 8.26. The number of nitrogens with one attached hydrogen (secondary N) is 2. The normalized spacial score (nSPS) is 19.0. The quantitative estimate of drug-likeness (QED) is 0.645. The molecule has 114 valence electrons. The van der Waals surface area contributed by atoms with Gasteiger partial charge in [0.25, 0.3) is 0 Å². The molecule has 2 N–H and O–H groups in total. The molecule has 1 aromatic carbocycles. The molecule has 1 aliphatic heterocycles. The summed E-state index contributed by atoms with van der Waals surface area (Å²) in [6.07, 6.45) is 1.02. The highest BCUT2D eigenvalue weighted by molar-refractivity contribution is 7.87. The van der Waals surface area contributed by atoms with Gasteiger partial charge in [-0.25, -0.2) is 0 Å². The lowest BCUT2D eigenvalue weighted by atomic mass is 10.2. The number of amides is 1. The Bertz CT molecular complexity index is 549. The van der Waals surface area contributed by atoms with Gasteiger partial charge < -0.3 is 10.6 Å². The van der Waals surface area contributed by atoms with Crippen LogP contribution in [0.1, 0.15) is 19.8 Å². The van der Waals surface area contributed by atoms with Crippen molar-refractivity contribution in [2.24, 2.45) is 9.57 Å². The van der Waals surface area contributed by atoms with E-state index in [0.29, 0.717) is 17.9 Å². The van der Waals surface area contributed by atoms with E-state index >= 15 is 0 Å². The first-order valence-electron chi connectivity index (χ1n) is 6.81. The molecule has 0 bridgehead atoms. The fourth-order valence-electron chi connectivity index (χ4n) is 1.75. The van der Waals surface area contributed by atoms with Crippen LogP contribution in [0.4, 0.5) is 5.69 Å². The molecular weight excluding hydrogens is 308 g/mol. The van der Waals surface area contributed by atoms with Gasteiger partial charge >= 0.3 is 0 Å². The number of anilines is 1. The van der Waals surface area contributed by atoms with Gasteiger partial charge in [0.1, 0.15) is 0 Å². The average Bonchev–Trinajstić information content (AvgIpc) is 2.99. The highest BCUT2D eigenvalue weighted by Gasteiger charge is 2.06. The van der Waals surface area contributed by atoms with Crippen molar-refractivity contribution >= 4 is 39.6 Å². The molecule has 1 atom stereocenters. The van der Waals surface area contributed by atoms with Crippen molar-refractivity contribution in [2.45, 2.75) is 19.8 Å². The van der Waals surface area contributed by atoms with E-state index in [1.807, 2.05) is 6.92 Å². The zero-order valence-electron chi connectivity index (χ0n) is 11.9. The summed E-state index contributed by atoms with van der Waals surface area (Å²) in [7, 11) is 0.0174. The van der Waals surface area contributed by atoms with Crippen LogP contribution in [0, 0.1) is 0 Å². The molecule has 1 unspecified atom stereocenters. The van der Waals surface area contributed by atoms with Crippen LogP contribution in [-0.4, -0.2) is 29.8 Å². The number of rotatable bonds is 5. The Morgan fingerprint density at radius 3 is 2.81 bits per heavy atom. The molecular formula is C14H19ClN4OS. The highest BCUT2D eigenvalue weighted by atomic mass is 35.5. The maximum absolute atomic E-state index is 11.8. The molecule has 1 aromatic rings. The van der Waals surface area contributed by atoms with Crippen molar-refractivity contribution in [2.75, 3.05) is 23.5 Å². The van der Waals surface area contributed by atoms with Crippen LogP contribution in [0.5, 0.6) is 0 Å². The third kappa shape index (κ3) is 5.95. The summed E-state index contributed by atoms with van der Waals surface area (Å²) in [6, 6.07) is 7.06. The second-order valence-electron chi connectivity index (χ2n) is 4.78. The minimum atomic E-state index is -0.0307. The molecule has 1 heterocycles. The van der Waals surface area contributed by atoms with Crippen LogP contribution in [-0.2, 0) is 15.5 Å². The van der Waals surface area contributed by atoms with Crippen LogP contribution in [0.3, 0.4) is 0 Å². The topological polar surface area (TPSA) is 65.8 Å². The van der Waals surface area contributed by atoms with Crippen molar-refractivity contribution in [1.82, 2.24) is 5.32 Å². The smallest absolute Gasteiger partial charge is 0.224 e. The lowest BCUT2D eigenvalue weighted by Crippen LogP contribution is -2.12. The maximum atomic E-state index is 11.8. The fourth-order valence-corrected chi connectivity index (χ4v) is 3.17. The number of carbonyl (C=O) groups is 1. The number of hydrogen-bond donors (Lipinski definition) is 2. The fraction of sp³-hybridized carbons (Fsp3) is 0.429. The minimum Gasteiger partial charge on any atom is -0.326 e. The summed E-state index contributed by atoms with van der Waals surface area (Å²) in [5.41, 5.74) is 1.64. The monoisotopic (exact) mass is 326 g/mol. The van der Waals surface area contributed by atoms with Gasteiger partial charge in [-0.05, 0) is 37.6 Å². The largest absolute Gasteiger partial charge is 0.326 e. The number of carbonyl (C=O) groups excluding carboxylic acids is 1. The van der Waals surface area contributed by atoms with E-state index in [1.165, 1.54) is 0 Å². The summed E-state index contributed by atoms with van der Waals surface area (Å²) in [6.45, 7) is 2.93. The predicted molar refractivity (Wildman–Crippen MR) is 90.0 cm³/mol. The second-order valence-corrected chi connectivity index (χ2v) is 7.00. The van der Waals surface area contributed by atoms with E-state index in [1.54, 1.807) is 24.3 Å². The van der Waals surface area contributed by atoms with Crippen molar-refractivity contribution in [3.8, 4) is 0 Å². The summed E-state index contributed by atoms with van der Waals surface area (Å²) in [4.78, 5) is 11.8. The number of nitrogens with zero attached hydrogens (tertiary/aromatic N) is 2. The summed E-state index contributed by atoms with van der Waals surface area (Å²) in [5, 5.41) is 10.9. The van der Waals surface area contributed by atoms with Gasteiger partial charge in [0, 0.05) is 35.1 Å². The molecule has 1 amide bonds. The zero-order chi connectivity index (χ0) is 15.1. The van der Waals surface area contributed by atoms with E-state index in [4.69, 9.17) is 11.6 Å². The van der Waals surface area contributed by atoms with Crippen LogP contribution >= 0.6 is 11.6 Å². The summed E-state index contributed by atoms with van der Waals surface area (Å²) < 4.78 is 4.30. The third-order valence-corrected chi connectivity index (χ3v) is 4.73. The number of hydrogen-bond acceptors (Lipinski definition) is 3. The molecule has 1 fully saturated rings. The molecule has 0 spiro atoms. The molecule has 0 aromatic heterocycles. The lowest BCUT2D eigenvalue weighted by Gasteiger charge is -2.04. The van der Waals surface area contributed by atoms with Gasteiger partial charge in [-0.2, -0.15) is 5.10 Å². The molecule has 1 aliphatic rings. The van der Waals surface area contributed by atoms with E-state index in [9.17, 15) is 4.79 Å². The minimum absolute atomic E-state index is 0.0174. The van der Waals surface area contributed by atoms with Crippen molar-refractivity contribution in [3.63, 3.8) is 0 Å². The molecule has 0 saturated carbocycles.